The Morgan fingerprint density at radius 1 is 0.889 bits per heavy atom. The smallest absolute Gasteiger partial charge is 0.252 e. The number of nitrogens with zero attached hydrogens (tertiary/aromatic N) is 2. The van der Waals surface area contributed by atoms with E-state index >= 15 is 0 Å². The molecule has 4 rings (SSSR count). The lowest BCUT2D eigenvalue weighted by atomic mass is 10.1. The van der Waals surface area contributed by atoms with Crippen molar-refractivity contribution in [1.82, 2.24) is 5.43 Å². The van der Waals surface area contributed by atoms with Crippen molar-refractivity contribution in [3.63, 3.8) is 0 Å². The minimum atomic E-state index is -0.0418. The first kappa shape index (κ1) is 17.4. The van der Waals surface area contributed by atoms with Crippen LogP contribution < -0.4 is 10.3 Å². The Morgan fingerprint density at radius 2 is 1.44 bits per heavy atom. The van der Waals surface area contributed by atoms with Crippen molar-refractivity contribution in [3.05, 3.63) is 84.4 Å². The summed E-state index contributed by atoms with van der Waals surface area (Å²) in [6.45, 7) is 2.05. The van der Waals surface area contributed by atoms with E-state index in [9.17, 15) is 4.79 Å². The second kappa shape index (κ2) is 7.68. The molecule has 27 heavy (non-hydrogen) atoms. The quantitative estimate of drug-likeness (QED) is 0.526. The maximum Gasteiger partial charge on any atom is 0.252 e. The second-order valence-corrected chi connectivity index (χ2v) is 7.25. The van der Waals surface area contributed by atoms with Crippen molar-refractivity contribution < 1.29 is 4.79 Å². The van der Waals surface area contributed by atoms with Crippen molar-refractivity contribution in [1.29, 1.82) is 0 Å². The van der Waals surface area contributed by atoms with Crippen LogP contribution in [0.25, 0.3) is 0 Å². The third-order valence-corrected chi connectivity index (χ3v) is 5.48. The average molecular weight is 373 g/mol. The summed E-state index contributed by atoms with van der Waals surface area (Å²) in [5, 5.41) is 4.36. The highest BCUT2D eigenvalue weighted by atomic mass is 32.2. The fourth-order valence-corrected chi connectivity index (χ4v) is 4.08. The van der Waals surface area contributed by atoms with E-state index in [0.717, 1.165) is 32.4 Å². The summed E-state index contributed by atoms with van der Waals surface area (Å²) in [4.78, 5) is 17.0. The molecule has 5 heteroatoms. The van der Waals surface area contributed by atoms with Gasteiger partial charge in [-0.05, 0) is 36.8 Å². The number of nitrogens with one attached hydrogen (secondary N) is 1. The summed E-state index contributed by atoms with van der Waals surface area (Å²) in [6.07, 6.45) is 0. The summed E-state index contributed by atoms with van der Waals surface area (Å²) in [7, 11) is 0. The monoisotopic (exact) mass is 373 g/mol. The van der Waals surface area contributed by atoms with Crippen LogP contribution in [0.2, 0.25) is 0 Å². The van der Waals surface area contributed by atoms with Crippen LogP contribution >= 0.6 is 11.8 Å². The third-order valence-electron chi connectivity index (χ3n) is 4.35. The summed E-state index contributed by atoms with van der Waals surface area (Å²) in [5.41, 5.74) is 6.64. The second-order valence-electron chi connectivity index (χ2n) is 6.16. The number of anilines is 2. The summed E-state index contributed by atoms with van der Waals surface area (Å²) >= 11 is 1.69. The number of amides is 1. The van der Waals surface area contributed by atoms with Crippen LogP contribution in [0.4, 0.5) is 11.4 Å². The first-order chi connectivity index (χ1) is 13.2. The number of hydrazone groups is 1. The normalized spacial score (nSPS) is 12.9. The average Bonchev–Trinajstić information content (AvgIpc) is 2.72. The topological polar surface area (TPSA) is 44.7 Å². The van der Waals surface area contributed by atoms with Crippen molar-refractivity contribution in [3.8, 4) is 0 Å². The first-order valence-electron chi connectivity index (χ1n) is 8.75. The predicted molar refractivity (Wildman–Crippen MR) is 111 cm³/mol. The first-order valence-corrected chi connectivity index (χ1v) is 9.57. The molecule has 0 atom stereocenters. The molecule has 0 unspecified atom stereocenters. The van der Waals surface area contributed by atoms with Gasteiger partial charge in [0.15, 0.2) is 0 Å². The number of rotatable bonds is 4. The van der Waals surface area contributed by atoms with Gasteiger partial charge in [-0.2, -0.15) is 5.10 Å². The summed E-state index contributed by atoms with van der Waals surface area (Å²) < 4.78 is 0. The standard InChI is InChI=1S/C22H19N3OS/c1-16(17-9-3-2-4-10-17)24-23-15-22(26)25-18-11-5-7-13-20(18)27-21-14-8-6-12-19(21)25/h2-14,23H,15H2,1H3. The lowest BCUT2D eigenvalue weighted by Gasteiger charge is -2.30. The van der Waals surface area contributed by atoms with Gasteiger partial charge < -0.3 is 5.43 Å². The van der Waals surface area contributed by atoms with E-state index in [1.165, 1.54) is 0 Å². The molecule has 3 aromatic rings. The van der Waals surface area contributed by atoms with Crippen molar-refractivity contribution in [2.45, 2.75) is 16.7 Å². The van der Waals surface area contributed by atoms with Crippen LogP contribution in [0.3, 0.4) is 0 Å². The van der Waals surface area contributed by atoms with Crippen LogP contribution in [0, 0.1) is 0 Å². The molecule has 0 radical (unpaired) electrons. The van der Waals surface area contributed by atoms with Crippen LogP contribution in [-0.2, 0) is 4.79 Å². The zero-order valence-corrected chi connectivity index (χ0v) is 15.7. The number of para-hydroxylation sites is 2. The minimum Gasteiger partial charge on any atom is -0.300 e. The Morgan fingerprint density at radius 3 is 2.07 bits per heavy atom. The van der Waals surface area contributed by atoms with E-state index in [1.54, 1.807) is 16.7 Å². The molecule has 1 heterocycles. The molecule has 0 spiro atoms. The Labute approximate surface area is 162 Å². The lowest BCUT2D eigenvalue weighted by molar-refractivity contribution is -0.117. The number of hydrogen-bond donors (Lipinski definition) is 1. The molecule has 134 valence electrons. The molecule has 1 aliphatic heterocycles. The van der Waals surface area contributed by atoms with Gasteiger partial charge in [0.05, 0.1) is 17.1 Å². The number of carbonyl (C=O) groups excluding carboxylic acids is 1. The van der Waals surface area contributed by atoms with Crippen molar-refractivity contribution in [2.75, 3.05) is 11.4 Å². The Bertz CT molecular complexity index is 956. The molecule has 0 fully saturated rings. The molecule has 0 bridgehead atoms. The summed E-state index contributed by atoms with van der Waals surface area (Å²) in [5.74, 6) is -0.0418. The lowest BCUT2D eigenvalue weighted by Crippen LogP contribution is -2.35. The Kier molecular flexibility index (Phi) is 4.94. The van der Waals surface area contributed by atoms with Gasteiger partial charge in [0.25, 0.3) is 5.91 Å². The number of hydrogen-bond acceptors (Lipinski definition) is 4. The van der Waals surface area contributed by atoms with E-state index in [2.05, 4.69) is 10.5 Å². The van der Waals surface area contributed by atoms with Gasteiger partial charge in [0, 0.05) is 9.79 Å². The van der Waals surface area contributed by atoms with Gasteiger partial charge in [-0.3, -0.25) is 9.69 Å². The zero-order chi connectivity index (χ0) is 18.6. The maximum absolute atomic E-state index is 13.0. The largest absolute Gasteiger partial charge is 0.300 e. The fraction of sp³-hybridized carbons (Fsp3) is 0.0909. The molecule has 0 saturated heterocycles. The molecule has 0 aliphatic carbocycles. The Balaban J connectivity index is 1.55. The molecule has 1 aliphatic rings. The van der Waals surface area contributed by atoms with E-state index in [4.69, 9.17) is 0 Å². The molecule has 1 N–H and O–H groups in total. The van der Waals surface area contributed by atoms with Crippen LogP contribution in [-0.4, -0.2) is 18.2 Å². The van der Waals surface area contributed by atoms with Gasteiger partial charge in [-0.15, -0.1) is 0 Å². The highest BCUT2D eigenvalue weighted by Crippen LogP contribution is 2.47. The Hall–Kier alpha value is -3.05. The van der Waals surface area contributed by atoms with Crippen molar-refractivity contribution >= 4 is 34.8 Å². The van der Waals surface area contributed by atoms with Crippen molar-refractivity contribution in [2.24, 2.45) is 5.10 Å². The molecule has 0 saturated carbocycles. The third kappa shape index (κ3) is 3.59. The minimum absolute atomic E-state index is 0.0418. The van der Waals surface area contributed by atoms with Gasteiger partial charge in [0.1, 0.15) is 6.54 Å². The molecule has 4 nitrogen and oxygen atoms in total. The number of carbonyl (C=O) groups is 1. The highest BCUT2D eigenvalue weighted by molar-refractivity contribution is 7.99. The molecule has 3 aromatic carbocycles. The van der Waals surface area contributed by atoms with Gasteiger partial charge in [0.2, 0.25) is 0 Å². The molecule has 0 aromatic heterocycles. The van der Waals surface area contributed by atoms with Gasteiger partial charge >= 0.3 is 0 Å². The van der Waals surface area contributed by atoms with E-state index < -0.39 is 0 Å². The van der Waals surface area contributed by atoms with Crippen LogP contribution in [0.15, 0.2) is 93.8 Å². The zero-order valence-electron chi connectivity index (χ0n) is 14.9. The van der Waals surface area contributed by atoms with E-state index in [-0.39, 0.29) is 12.5 Å². The van der Waals surface area contributed by atoms with E-state index in [1.807, 2.05) is 85.8 Å². The van der Waals surface area contributed by atoms with Gasteiger partial charge in [-0.25, -0.2) is 0 Å². The fourth-order valence-electron chi connectivity index (χ4n) is 3.02. The van der Waals surface area contributed by atoms with Crippen LogP contribution in [0.1, 0.15) is 12.5 Å². The molecular weight excluding hydrogens is 354 g/mol. The molecule has 1 amide bonds. The highest BCUT2D eigenvalue weighted by Gasteiger charge is 2.27. The molecular formula is C22H19N3OS. The predicted octanol–water partition coefficient (Wildman–Crippen LogP) is 4.83. The van der Waals surface area contributed by atoms with E-state index in [0.29, 0.717) is 0 Å². The SMILES string of the molecule is CC(=NNCC(=O)N1c2ccccc2Sc2ccccc21)c1ccccc1. The maximum atomic E-state index is 13.0. The summed E-state index contributed by atoms with van der Waals surface area (Å²) in [6, 6.07) is 25.9. The van der Waals surface area contributed by atoms with Gasteiger partial charge in [-0.1, -0.05) is 66.4 Å². The van der Waals surface area contributed by atoms with Crippen LogP contribution in [0.5, 0.6) is 0 Å². The number of benzene rings is 3. The number of fused-ring (bicyclic) bond motifs is 2.